The molecule has 28 heavy (non-hydrogen) atoms. The second-order valence-corrected chi connectivity index (χ2v) is 12.1. The Morgan fingerprint density at radius 1 is 0.750 bits per heavy atom. The highest BCUT2D eigenvalue weighted by atomic mass is 32.2. The van der Waals surface area contributed by atoms with Crippen LogP contribution in [0.15, 0.2) is 63.7 Å². The van der Waals surface area contributed by atoms with Crippen LogP contribution < -0.4 is 0 Å². The van der Waals surface area contributed by atoms with E-state index in [1.165, 1.54) is 19.9 Å². The average Bonchev–Trinajstić information content (AvgIpc) is 3.15. The van der Waals surface area contributed by atoms with Crippen LogP contribution in [0, 0.1) is 6.92 Å². The molecule has 0 bridgehead atoms. The van der Waals surface area contributed by atoms with Gasteiger partial charge in [-0.05, 0) is 42.0 Å². The summed E-state index contributed by atoms with van der Waals surface area (Å²) in [6, 6.07) is 16.0. The smallest absolute Gasteiger partial charge is 0.207 e. The predicted octanol–water partition coefficient (Wildman–Crippen LogP) is 2.90. The quantitative estimate of drug-likeness (QED) is 0.630. The zero-order valence-electron chi connectivity index (χ0n) is 15.3. The van der Waals surface area contributed by atoms with Crippen LogP contribution in [0.4, 0.5) is 0 Å². The normalized spacial score (nSPS) is 17.2. The fourth-order valence-corrected chi connectivity index (χ4v) is 7.62. The summed E-state index contributed by atoms with van der Waals surface area (Å²) in [6.07, 6.45) is 0. The van der Waals surface area contributed by atoms with Crippen LogP contribution in [0.3, 0.4) is 0 Å². The number of thiophene rings is 1. The lowest BCUT2D eigenvalue weighted by Gasteiger charge is -2.33. The average molecular weight is 437 g/mol. The van der Waals surface area contributed by atoms with Crippen molar-refractivity contribution in [2.75, 3.05) is 26.2 Å². The maximum atomic E-state index is 13.0. The summed E-state index contributed by atoms with van der Waals surface area (Å²) in [4.78, 5) is 1.16. The Bertz CT molecular complexity index is 1220. The van der Waals surface area contributed by atoms with E-state index in [1.807, 2.05) is 31.2 Å². The van der Waals surface area contributed by atoms with E-state index in [0.29, 0.717) is 4.21 Å². The van der Waals surface area contributed by atoms with Crippen molar-refractivity contribution < 1.29 is 16.8 Å². The Kier molecular flexibility index (Phi) is 5.05. The standard InChI is InChI=1S/C19H20N2O4S3/c1-15-6-9-19(26-15)28(24,25)21-12-10-20(11-13-21)27(22,23)18-8-7-16-4-2-3-5-17(16)14-18/h2-9,14H,10-13H2,1H3. The van der Waals surface area contributed by atoms with Crippen molar-refractivity contribution in [2.24, 2.45) is 0 Å². The molecular formula is C19H20N2O4S3. The Labute approximate surface area is 169 Å². The molecule has 9 heteroatoms. The van der Waals surface area contributed by atoms with Crippen molar-refractivity contribution >= 4 is 42.2 Å². The Hall–Kier alpha value is -1.78. The largest absolute Gasteiger partial charge is 0.252 e. The molecule has 0 spiro atoms. The minimum atomic E-state index is -3.67. The number of benzene rings is 2. The fourth-order valence-electron chi connectivity index (χ4n) is 3.31. The van der Waals surface area contributed by atoms with Crippen LogP contribution in [0.5, 0.6) is 0 Å². The summed E-state index contributed by atoms with van der Waals surface area (Å²) in [5.74, 6) is 0. The molecule has 0 amide bonds. The highest BCUT2D eigenvalue weighted by Gasteiger charge is 2.34. The Morgan fingerprint density at radius 2 is 1.36 bits per heavy atom. The zero-order chi connectivity index (χ0) is 19.9. The molecule has 0 radical (unpaired) electrons. The Balaban J connectivity index is 1.53. The lowest BCUT2D eigenvalue weighted by Crippen LogP contribution is -2.50. The van der Waals surface area contributed by atoms with Crippen molar-refractivity contribution in [1.29, 1.82) is 0 Å². The monoisotopic (exact) mass is 436 g/mol. The molecular weight excluding hydrogens is 416 g/mol. The molecule has 1 fully saturated rings. The van der Waals surface area contributed by atoms with Crippen LogP contribution in [0.1, 0.15) is 4.88 Å². The minimum absolute atomic E-state index is 0.138. The molecule has 1 aliphatic rings. The number of hydrogen-bond donors (Lipinski definition) is 0. The number of hydrogen-bond acceptors (Lipinski definition) is 5. The van der Waals surface area contributed by atoms with Crippen LogP contribution >= 0.6 is 11.3 Å². The molecule has 4 rings (SSSR count). The maximum absolute atomic E-state index is 13.0. The fraction of sp³-hybridized carbons (Fsp3) is 0.263. The van der Waals surface area contributed by atoms with Gasteiger partial charge < -0.3 is 0 Å². The van der Waals surface area contributed by atoms with Crippen molar-refractivity contribution in [3.8, 4) is 0 Å². The molecule has 3 aromatic rings. The van der Waals surface area contributed by atoms with Gasteiger partial charge in [0.2, 0.25) is 10.0 Å². The van der Waals surface area contributed by atoms with Gasteiger partial charge in [0.15, 0.2) is 0 Å². The molecule has 0 N–H and O–H groups in total. The summed E-state index contributed by atoms with van der Waals surface area (Å²) in [5.41, 5.74) is 0. The van der Waals surface area contributed by atoms with Crippen LogP contribution in [-0.2, 0) is 20.0 Å². The third kappa shape index (κ3) is 3.48. The van der Waals surface area contributed by atoms with Gasteiger partial charge in [-0.3, -0.25) is 0 Å². The van der Waals surface area contributed by atoms with Gasteiger partial charge in [-0.2, -0.15) is 8.61 Å². The zero-order valence-corrected chi connectivity index (χ0v) is 17.7. The summed E-state index contributed by atoms with van der Waals surface area (Å²) in [5, 5.41) is 1.83. The second kappa shape index (κ2) is 7.23. The first kappa shape index (κ1) is 19.5. The van der Waals surface area contributed by atoms with Gasteiger partial charge >= 0.3 is 0 Å². The number of rotatable bonds is 4. The van der Waals surface area contributed by atoms with Crippen LogP contribution in [0.2, 0.25) is 0 Å². The summed E-state index contributed by atoms with van der Waals surface area (Å²) in [6.45, 7) is 2.42. The highest BCUT2D eigenvalue weighted by molar-refractivity contribution is 7.91. The van der Waals surface area contributed by atoms with Crippen molar-refractivity contribution in [3.63, 3.8) is 0 Å². The first-order valence-electron chi connectivity index (χ1n) is 8.84. The first-order chi connectivity index (χ1) is 13.3. The third-order valence-corrected chi connectivity index (χ3v) is 10.1. The maximum Gasteiger partial charge on any atom is 0.252 e. The van der Waals surface area contributed by atoms with Gasteiger partial charge in [0.1, 0.15) is 4.21 Å². The second-order valence-electron chi connectivity index (χ2n) is 6.68. The summed E-state index contributed by atoms with van der Waals surface area (Å²) < 4.78 is 54.6. The molecule has 2 heterocycles. The topological polar surface area (TPSA) is 74.8 Å². The highest BCUT2D eigenvalue weighted by Crippen LogP contribution is 2.27. The van der Waals surface area contributed by atoms with E-state index in [4.69, 9.17) is 0 Å². The molecule has 148 valence electrons. The van der Waals surface area contributed by atoms with E-state index in [2.05, 4.69) is 0 Å². The van der Waals surface area contributed by atoms with Crippen molar-refractivity contribution in [2.45, 2.75) is 16.0 Å². The van der Waals surface area contributed by atoms with Gasteiger partial charge in [0.05, 0.1) is 4.90 Å². The molecule has 0 atom stereocenters. The van der Waals surface area contributed by atoms with E-state index in [9.17, 15) is 16.8 Å². The van der Waals surface area contributed by atoms with Crippen molar-refractivity contribution in [3.05, 3.63) is 59.5 Å². The van der Waals surface area contributed by atoms with Gasteiger partial charge in [-0.1, -0.05) is 30.3 Å². The minimum Gasteiger partial charge on any atom is -0.207 e. The van der Waals surface area contributed by atoms with Gasteiger partial charge in [0.25, 0.3) is 10.0 Å². The number of piperazine rings is 1. The SMILES string of the molecule is Cc1ccc(S(=O)(=O)N2CCN(S(=O)(=O)c3ccc4ccccc4c3)CC2)s1. The molecule has 1 aromatic heterocycles. The predicted molar refractivity (Wildman–Crippen MR) is 111 cm³/mol. The summed E-state index contributed by atoms with van der Waals surface area (Å²) in [7, 11) is -7.24. The van der Waals surface area contributed by atoms with Gasteiger partial charge in [0, 0.05) is 31.1 Å². The Morgan fingerprint density at radius 3 is 1.96 bits per heavy atom. The number of fused-ring (bicyclic) bond motifs is 1. The van der Waals surface area contributed by atoms with Crippen molar-refractivity contribution in [1.82, 2.24) is 8.61 Å². The van der Waals surface area contributed by atoms with E-state index in [0.717, 1.165) is 15.6 Å². The van der Waals surface area contributed by atoms with E-state index < -0.39 is 20.0 Å². The molecule has 1 aliphatic heterocycles. The van der Waals surface area contributed by atoms with E-state index in [-0.39, 0.29) is 31.1 Å². The summed E-state index contributed by atoms with van der Waals surface area (Å²) >= 11 is 1.23. The molecule has 0 saturated carbocycles. The molecule has 0 aliphatic carbocycles. The molecule has 6 nitrogen and oxygen atoms in total. The van der Waals surface area contributed by atoms with Gasteiger partial charge in [-0.25, -0.2) is 16.8 Å². The number of sulfonamides is 2. The van der Waals surface area contributed by atoms with E-state index in [1.54, 1.807) is 30.3 Å². The van der Waals surface area contributed by atoms with Crippen LogP contribution in [0.25, 0.3) is 10.8 Å². The lowest BCUT2D eigenvalue weighted by atomic mass is 10.1. The lowest BCUT2D eigenvalue weighted by molar-refractivity contribution is 0.273. The number of nitrogens with zero attached hydrogens (tertiary/aromatic N) is 2. The third-order valence-electron chi connectivity index (χ3n) is 4.87. The molecule has 2 aromatic carbocycles. The van der Waals surface area contributed by atoms with Crippen LogP contribution in [-0.4, -0.2) is 51.6 Å². The van der Waals surface area contributed by atoms with E-state index >= 15 is 0 Å². The molecule has 1 saturated heterocycles. The first-order valence-corrected chi connectivity index (χ1v) is 12.5. The molecule has 0 unspecified atom stereocenters. The number of aryl methyl sites for hydroxylation is 1. The van der Waals surface area contributed by atoms with Gasteiger partial charge in [-0.15, -0.1) is 11.3 Å².